The Balaban J connectivity index is 1.71. The molecule has 2 amide bonds. The number of phenolic OH excluding ortho intramolecular Hbond substituents is 1. The fraction of sp³-hybridized carbons (Fsp3) is 0.571. The lowest BCUT2D eigenvalue weighted by Crippen LogP contribution is -2.45. The molecule has 1 fully saturated rings. The van der Waals surface area contributed by atoms with Crippen LogP contribution < -0.4 is 5.32 Å². The van der Waals surface area contributed by atoms with Gasteiger partial charge in [-0.25, -0.2) is 9.79 Å². The van der Waals surface area contributed by atoms with Crippen molar-refractivity contribution in [2.24, 2.45) is 16.8 Å². The molecular formula is C21H28N2O4. The van der Waals surface area contributed by atoms with Gasteiger partial charge in [0.05, 0.1) is 12.6 Å². The molecule has 3 rings (SSSR count). The van der Waals surface area contributed by atoms with Crippen LogP contribution in [0.25, 0.3) is 0 Å². The number of carbonyl (C=O) groups excluding carboxylic acids is 2. The molecule has 2 unspecified atom stereocenters. The maximum Gasteiger partial charge on any atom is 0.341 e. The Labute approximate surface area is 160 Å². The monoisotopic (exact) mass is 372 g/mol. The highest BCUT2D eigenvalue weighted by molar-refractivity contribution is 6.09. The van der Waals surface area contributed by atoms with Crippen LogP contribution >= 0.6 is 0 Å². The molecule has 2 atom stereocenters. The van der Waals surface area contributed by atoms with Crippen LogP contribution in [-0.4, -0.2) is 29.4 Å². The number of rotatable bonds is 6. The molecular weight excluding hydrogens is 344 g/mol. The molecule has 146 valence electrons. The molecule has 0 radical (unpaired) electrons. The highest BCUT2D eigenvalue weighted by Gasteiger charge is 2.39. The smallest absolute Gasteiger partial charge is 0.341 e. The molecule has 6 nitrogen and oxygen atoms in total. The minimum atomic E-state index is -0.666. The van der Waals surface area contributed by atoms with E-state index in [9.17, 15) is 14.7 Å². The Bertz CT molecular complexity index is 710. The summed E-state index contributed by atoms with van der Waals surface area (Å²) in [5.74, 6) is -0.300. The number of amides is 2. The van der Waals surface area contributed by atoms with Gasteiger partial charge in [0, 0.05) is 5.71 Å². The number of hydrogen-bond acceptors (Lipinski definition) is 4. The standard InChI is InChI=1S/C21H28N2O4/c1-2-17-18(20(25)27-12-11-14-7-4-3-5-8-14)19(23-21(26)22-17)15-9-6-10-16(24)13-15/h6,9-10,13-14,18-19,24H,2-5,7-8,11-12H2,1H3,(H,23,26). The number of urea groups is 1. The molecule has 0 spiro atoms. The van der Waals surface area contributed by atoms with Crippen molar-refractivity contribution >= 4 is 17.7 Å². The third-order valence-corrected chi connectivity index (χ3v) is 5.56. The summed E-state index contributed by atoms with van der Waals surface area (Å²) < 4.78 is 5.60. The third kappa shape index (κ3) is 4.87. The molecule has 2 aliphatic rings. The van der Waals surface area contributed by atoms with E-state index in [1.165, 1.54) is 32.1 Å². The summed E-state index contributed by atoms with van der Waals surface area (Å²) >= 11 is 0. The predicted molar refractivity (Wildman–Crippen MR) is 103 cm³/mol. The van der Waals surface area contributed by atoms with Crippen LogP contribution in [-0.2, 0) is 9.53 Å². The van der Waals surface area contributed by atoms with Crippen LogP contribution in [0, 0.1) is 11.8 Å². The first-order chi connectivity index (χ1) is 13.1. The molecule has 6 heteroatoms. The van der Waals surface area contributed by atoms with E-state index >= 15 is 0 Å². The number of nitrogens with zero attached hydrogens (tertiary/aromatic N) is 1. The van der Waals surface area contributed by atoms with Crippen LogP contribution in [0.1, 0.15) is 63.5 Å². The van der Waals surface area contributed by atoms with Gasteiger partial charge in [-0.15, -0.1) is 0 Å². The lowest BCUT2D eigenvalue weighted by molar-refractivity contribution is -0.147. The average Bonchev–Trinajstić information content (AvgIpc) is 2.68. The highest BCUT2D eigenvalue weighted by atomic mass is 16.5. The van der Waals surface area contributed by atoms with E-state index in [0.717, 1.165) is 6.42 Å². The van der Waals surface area contributed by atoms with E-state index in [-0.39, 0.29) is 11.7 Å². The van der Waals surface area contributed by atoms with E-state index in [1.807, 2.05) is 6.92 Å². The molecule has 27 heavy (non-hydrogen) atoms. The number of aromatic hydroxyl groups is 1. The van der Waals surface area contributed by atoms with Gasteiger partial charge in [-0.3, -0.25) is 4.79 Å². The molecule has 0 bridgehead atoms. The quantitative estimate of drug-likeness (QED) is 0.735. The minimum Gasteiger partial charge on any atom is -0.508 e. The Hall–Kier alpha value is -2.37. The Morgan fingerprint density at radius 3 is 2.78 bits per heavy atom. The molecule has 1 aromatic carbocycles. The number of phenols is 1. The molecule has 1 aliphatic heterocycles. The van der Waals surface area contributed by atoms with Crippen LogP contribution in [0.5, 0.6) is 5.75 Å². The number of benzene rings is 1. The minimum absolute atomic E-state index is 0.0896. The van der Waals surface area contributed by atoms with E-state index in [0.29, 0.717) is 30.2 Å². The second kappa shape index (κ2) is 9.02. The van der Waals surface area contributed by atoms with Gasteiger partial charge in [-0.2, -0.15) is 0 Å². The molecule has 1 aliphatic carbocycles. The molecule has 1 aromatic rings. The third-order valence-electron chi connectivity index (χ3n) is 5.56. The first-order valence-corrected chi connectivity index (χ1v) is 9.92. The van der Waals surface area contributed by atoms with Gasteiger partial charge in [0.15, 0.2) is 0 Å². The zero-order valence-electron chi connectivity index (χ0n) is 15.8. The van der Waals surface area contributed by atoms with Crippen molar-refractivity contribution in [2.75, 3.05) is 6.61 Å². The molecule has 1 heterocycles. The van der Waals surface area contributed by atoms with Crippen molar-refractivity contribution in [3.63, 3.8) is 0 Å². The van der Waals surface area contributed by atoms with Crippen LogP contribution in [0.3, 0.4) is 0 Å². The molecule has 2 N–H and O–H groups in total. The lowest BCUT2D eigenvalue weighted by atomic mass is 9.86. The van der Waals surface area contributed by atoms with Gasteiger partial charge < -0.3 is 15.2 Å². The number of aliphatic imine (C=N–C) groups is 1. The SMILES string of the molecule is CCC1=NC(=O)NC(c2cccc(O)c2)C1C(=O)OCCC1CCCCC1. The fourth-order valence-electron chi connectivity index (χ4n) is 4.10. The molecule has 0 aromatic heterocycles. The average molecular weight is 372 g/mol. The maximum atomic E-state index is 12.9. The summed E-state index contributed by atoms with van der Waals surface area (Å²) in [6.07, 6.45) is 7.64. The topological polar surface area (TPSA) is 88.0 Å². The predicted octanol–water partition coefficient (Wildman–Crippen LogP) is 4.14. The normalized spacial score (nSPS) is 23.4. The van der Waals surface area contributed by atoms with Gasteiger partial charge in [0.2, 0.25) is 0 Å². The number of esters is 1. The Morgan fingerprint density at radius 2 is 2.07 bits per heavy atom. The Morgan fingerprint density at radius 1 is 1.30 bits per heavy atom. The van der Waals surface area contributed by atoms with E-state index in [4.69, 9.17) is 4.74 Å². The molecule has 1 saturated carbocycles. The first-order valence-electron chi connectivity index (χ1n) is 9.92. The number of nitrogens with one attached hydrogen (secondary N) is 1. The second-order valence-electron chi connectivity index (χ2n) is 7.42. The Kier molecular flexibility index (Phi) is 6.48. The number of carbonyl (C=O) groups is 2. The van der Waals surface area contributed by atoms with E-state index in [2.05, 4.69) is 10.3 Å². The zero-order valence-corrected chi connectivity index (χ0v) is 15.8. The van der Waals surface area contributed by atoms with Crippen LogP contribution in [0.15, 0.2) is 29.3 Å². The maximum absolute atomic E-state index is 12.9. The summed E-state index contributed by atoms with van der Waals surface area (Å²) in [5, 5.41) is 12.5. The molecule has 0 saturated heterocycles. The largest absolute Gasteiger partial charge is 0.508 e. The fourth-order valence-corrected chi connectivity index (χ4v) is 4.10. The first kappa shape index (κ1) is 19.4. The summed E-state index contributed by atoms with van der Waals surface area (Å²) in [6, 6.07) is 5.54. The van der Waals surface area contributed by atoms with Gasteiger partial charge in [-0.1, -0.05) is 51.2 Å². The number of hydrogen-bond donors (Lipinski definition) is 2. The van der Waals surface area contributed by atoms with Crippen molar-refractivity contribution in [1.29, 1.82) is 0 Å². The van der Waals surface area contributed by atoms with Crippen molar-refractivity contribution < 1.29 is 19.4 Å². The van der Waals surface area contributed by atoms with E-state index < -0.39 is 18.0 Å². The lowest BCUT2D eigenvalue weighted by Gasteiger charge is -2.31. The highest BCUT2D eigenvalue weighted by Crippen LogP contribution is 2.31. The van der Waals surface area contributed by atoms with Crippen molar-refractivity contribution in [3.8, 4) is 5.75 Å². The van der Waals surface area contributed by atoms with Crippen LogP contribution in [0.2, 0.25) is 0 Å². The van der Waals surface area contributed by atoms with Crippen molar-refractivity contribution in [3.05, 3.63) is 29.8 Å². The second-order valence-corrected chi connectivity index (χ2v) is 7.42. The van der Waals surface area contributed by atoms with E-state index in [1.54, 1.807) is 24.3 Å². The van der Waals surface area contributed by atoms with Gasteiger partial charge in [-0.05, 0) is 36.5 Å². The van der Waals surface area contributed by atoms with Crippen molar-refractivity contribution in [1.82, 2.24) is 5.32 Å². The van der Waals surface area contributed by atoms with Crippen LogP contribution in [0.4, 0.5) is 4.79 Å². The summed E-state index contributed by atoms with van der Waals surface area (Å²) in [7, 11) is 0. The summed E-state index contributed by atoms with van der Waals surface area (Å²) in [6.45, 7) is 2.27. The zero-order chi connectivity index (χ0) is 19.2. The van der Waals surface area contributed by atoms with Gasteiger partial charge >= 0.3 is 12.0 Å². The van der Waals surface area contributed by atoms with Gasteiger partial charge in [0.1, 0.15) is 11.7 Å². The van der Waals surface area contributed by atoms with Crippen molar-refractivity contribution in [2.45, 2.75) is 57.9 Å². The summed E-state index contributed by atoms with van der Waals surface area (Å²) in [5.41, 5.74) is 1.19. The number of ether oxygens (including phenoxy) is 1. The van der Waals surface area contributed by atoms with Gasteiger partial charge in [0.25, 0.3) is 0 Å². The summed E-state index contributed by atoms with van der Waals surface area (Å²) in [4.78, 5) is 28.8.